The first-order valence-corrected chi connectivity index (χ1v) is 6.76. The van der Waals surface area contributed by atoms with Crippen LogP contribution in [0.25, 0.3) is 10.6 Å². The van der Waals surface area contributed by atoms with Crippen molar-refractivity contribution >= 4 is 34.5 Å². The van der Waals surface area contributed by atoms with Gasteiger partial charge in [-0.25, -0.2) is 0 Å². The van der Waals surface area contributed by atoms with Gasteiger partial charge in [-0.2, -0.15) is 0 Å². The number of aryl methyl sites for hydroxylation is 1. The molecule has 0 atom stereocenters. The highest BCUT2D eigenvalue weighted by molar-refractivity contribution is 7.14. The van der Waals surface area contributed by atoms with E-state index < -0.39 is 0 Å². The van der Waals surface area contributed by atoms with Gasteiger partial charge in [0.15, 0.2) is 5.01 Å². The van der Waals surface area contributed by atoms with E-state index in [1.807, 2.05) is 6.07 Å². The van der Waals surface area contributed by atoms with Crippen LogP contribution in [0.2, 0.25) is 10.0 Å². The zero-order valence-corrected chi connectivity index (χ0v) is 11.3. The van der Waals surface area contributed by atoms with Crippen molar-refractivity contribution in [2.45, 2.75) is 12.8 Å². The van der Waals surface area contributed by atoms with Gasteiger partial charge in [0.1, 0.15) is 5.01 Å². The molecular formula is C11H11Cl2N3S. The molecule has 0 fully saturated rings. The standard InChI is InChI=1S/C11H11Cl2N3S/c12-7-3-1-4-8(13)10(7)11-16-15-9(17-11)5-2-6-14/h1,3-4H,2,5-6,14H2. The molecule has 2 rings (SSSR count). The number of hydrogen-bond donors (Lipinski definition) is 1. The lowest BCUT2D eigenvalue weighted by Crippen LogP contribution is -1.99. The molecule has 0 saturated heterocycles. The first kappa shape index (κ1) is 12.8. The summed E-state index contributed by atoms with van der Waals surface area (Å²) >= 11 is 13.7. The third-order valence-corrected chi connectivity index (χ3v) is 3.87. The molecule has 6 heteroatoms. The number of aromatic nitrogens is 2. The van der Waals surface area contributed by atoms with Crippen LogP contribution in [0.4, 0.5) is 0 Å². The minimum atomic E-state index is 0.596. The van der Waals surface area contributed by atoms with Crippen LogP contribution in [0.3, 0.4) is 0 Å². The van der Waals surface area contributed by atoms with E-state index in [9.17, 15) is 0 Å². The van der Waals surface area contributed by atoms with Crippen molar-refractivity contribution in [2.75, 3.05) is 6.54 Å². The average molecular weight is 288 g/mol. The topological polar surface area (TPSA) is 51.8 Å². The second-order valence-corrected chi connectivity index (χ2v) is 5.37. The number of halogens is 2. The van der Waals surface area contributed by atoms with E-state index in [0.717, 1.165) is 28.4 Å². The van der Waals surface area contributed by atoms with Crippen LogP contribution in [0.1, 0.15) is 11.4 Å². The molecule has 0 aliphatic rings. The molecular weight excluding hydrogens is 277 g/mol. The van der Waals surface area contributed by atoms with E-state index >= 15 is 0 Å². The molecule has 0 aliphatic carbocycles. The van der Waals surface area contributed by atoms with Crippen molar-refractivity contribution in [1.82, 2.24) is 10.2 Å². The molecule has 90 valence electrons. The van der Waals surface area contributed by atoms with E-state index in [0.29, 0.717) is 16.6 Å². The van der Waals surface area contributed by atoms with Gasteiger partial charge in [-0.15, -0.1) is 10.2 Å². The van der Waals surface area contributed by atoms with Crippen molar-refractivity contribution in [1.29, 1.82) is 0 Å². The Balaban J connectivity index is 2.30. The Hall–Kier alpha value is -0.680. The Bertz CT molecular complexity index is 493. The molecule has 1 heterocycles. The molecule has 0 aliphatic heterocycles. The summed E-state index contributed by atoms with van der Waals surface area (Å²) in [7, 11) is 0. The third-order valence-electron chi connectivity index (χ3n) is 2.24. The number of benzene rings is 1. The zero-order chi connectivity index (χ0) is 12.3. The predicted octanol–water partition coefficient (Wildman–Crippen LogP) is 3.40. The second kappa shape index (κ2) is 5.78. The van der Waals surface area contributed by atoms with Gasteiger partial charge in [0.2, 0.25) is 0 Å². The number of rotatable bonds is 4. The molecule has 0 radical (unpaired) electrons. The van der Waals surface area contributed by atoms with Gasteiger partial charge >= 0.3 is 0 Å². The summed E-state index contributed by atoms with van der Waals surface area (Å²) in [4.78, 5) is 0. The summed E-state index contributed by atoms with van der Waals surface area (Å²) < 4.78 is 0. The molecule has 17 heavy (non-hydrogen) atoms. The maximum Gasteiger partial charge on any atom is 0.150 e. The lowest BCUT2D eigenvalue weighted by molar-refractivity contribution is 0.812. The van der Waals surface area contributed by atoms with E-state index in [4.69, 9.17) is 28.9 Å². The summed E-state index contributed by atoms with van der Waals surface area (Å²) in [5.74, 6) is 0. The highest BCUT2D eigenvalue weighted by Gasteiger charge is 2.13. The van der Waals surface area contributed by atoms with E-state index in [1.54, 1.807) is 12.1 Å². The van der Waals surface area contributed by atoms with Crippen LogP contribution in [0, 0.1) is 0 Å². The Morgan fingerprint density at radius 2 is 1.88 bits per heavy atom. The highest BCUT2D eigenvalue weighted by atomic mass is 35.5. The van der Waals surface area contributed by atoms with Crippen LogP contribution in [0.5, 0.6) is 0 Å². The van der Waals surface area contributed by atoms with Crippen LogP contribution < -0.4 is 5.73 Å². The van der Waals surface area contributed by atoms with Crippen LogP contribution >= 0.6 is 34.5 Å². The van der Waals surface area contributed by atoms with Gasteiger partial charge < -0.3 is 5.73 Å². The monoisotopic (exact) mass is 287 g/mol. The fourth-order valence-electron chi connectivity index (χ4n) is 1.41. The minimum Gasteiger partial charge on any atom is -0.330 e. The molecule has 2 aromatic rings. The van der Waals surface area contributed by atoms with Gasteiger partial charge in [-0.3, -0.25) is 0 Å². The van der Waals surface area contributed by atoms with Gasteiger partial charge in [0, 0.05) is 12.0 Å². The summed E-state index contributed by atoms with van der Waals surface area (Å²) in [6.07, 6.45) is 1.75. The molecule has 0 bridgehead atoms. The second-order valence-electron chi connectivity index (χ2n) is 3.49. The molecule has 2 N–H and O–H groups in total. The quantitative estimate of drug-likeness (QED) is 0.938. The molecule has 3 nitrogen and oxygen atoms in total. The fourth-order valence-corrected chi connectivity index (χ4v) is 3.05. The highest BCUT2D eigenvalue weighted by Crippen LogP contribution is 2.36. The van der Waals surface area contributed by atoms with Crippen LogP contribution in [-0.2, 0) is 6.42 Å². The zero-order valence-electron chi connectivity index (χ0n) is 8.99. The molecule has 0 saturated carbocycles. The average Bonchev–Trinajstić information content (AvgIpc) is 2.75. The van der Waals surface area contributed by atoms with Crippen molar-refractivity contribution in [3.8, 4) is 10.6 Å². The number of nitrogens with zero attached hydrogens (tertiary/aromatic N) is 2. The SMILES string of the molecule is NCCCc1nnc(-c2c(Cl)cccc2Cl)s1. The van der Waals surface area contributed by atoms with E-state index in [1.165, 1.54) is 11.3 Å². The summed E-state index contributed by atoms with van der Waals surface area (Å²) in [5.41, 5.74) is 6.21. The van der Waals surface area contributed by atoms with Gasteiger partial charge in [0.25, 0.3) is 0 Å². The van der Waals surface area contributed by atoms with Crippen molar-refractivity contribution in [3.63, 3.8) is 0 Å². The maximum atomic E-state index is 6.11. The fraction of sp³-hybridized carbons (Fsp3) is 0.273. The lowest BCUT2D eigenvalue weighted by atomic mass is 10.2. The minimum absolute atomic E-state index is 0.596. The number of hydrogen-bond acceptors (Lipinski definition) is 4. The lowest BCUT2D eigenvalue weighted by Gasteiger charge is -2.01. The predicted molar refractivity (Wildman–Crippen MR) is 72.7 cm³/mol. The summed E-state index contributed by atoms with van der Waals surface area (Å²) in [6, 6.07) is 5.40. The molecule has 0 amide bonds. The van der Waals surface area contributed by atoms with Crippen LogP contribution in [-0.4, -0.2) is 16.7 Å². The Morgan fingerprint density at radius 1 is 1.18 bits per heavy atom. The third kappa shape index (κ3) is 2.96. The van der Waals surface area contributed by atoms with Crippen molar-refractivity contribution < 1.29 is 0 Å². The van der Waals surface area contributed by atoms with Gasteiger partial charge in [-0.05, 0) is 25.1 Å². The molecule has 0 unspecified atom stereocenters. The summed E-state index contributed by atoms with van der Waals surface area (Å²) in [6.45, 7) is 0.655. The smallest absolute Gasteiger partial charge is 0.150 e. The van der Waals surface area contributed by atoms with E-state index in [2.05, 4.69) is 10.2 Å². The van der Waals surface area contributed by atoms with Gasteiger partial charge in [0.05, 0.1) is 10.0 Å². The maximum absolute atomic E-state index is 6.11. The van der Waals surface area contributed by atoms with Crippen molar-refractivity contribution in [3.05, 3.63) is 33.3 Å². The molecule has 1 aromatic carbocycles. The molecule has 1 aromatic heterocycles. The Labute approximate surface area is 114 Å². The Kier molecular flexibility index (Phi) is 4.34. The van der Waals surface area contributed by atoms with Crippen molar-refractivity contribution in [2.24, 2.45) is 5.73 Å². The molecule has 0 spiro atoms. The first-order chi connectivity index (χ1) is 8.22. The van der Waals surface area contributed by atoms with E-state index in [-0.39, 0.29) is 0 Å². The normalized spacial score (nSPS) is 10.8. The van der Waals surface area contributed by atoms with Crippen LogP contribution in [0.15, 0.2) is 18.2 Å². The largest absolute Gasteiger partial charge is 0.330 e. The Morgan fingerprint density at radius 3 is 2.53 bits per heavy atom. The summed E-state index contributed by atoms with van der Waals surface area (Å²) in [5, 5.41) is 11.1. The van der Waals surface area contributed by atoms with Gasteiger partial charge in [-0.1, -0.05) is 40.6 Å². The number of nitrogens with two attached hydrogens (primary N) is 1. The first-order valence-electron chi connectivity index (χ1n) is 5.19.